The van der Waals surface area contributed by atoms with E-state index in [0.717, 1.165) is 0 Å². The summed E-state index contributed by atoms with van der Waals surface area (Å²) in [5, 5.41) is 2.68. The average Bonchev–Trinajstić information content (AvgIpc) is 3.04. The van der Waals surface area contributed by atoms with Crippen LogP contribution in [0.25, 0.3) is 11.1 Å². The lowest BCUT2D eigenvalue weighted by molar-refractivity contribution is -0.117. The number of benzene rings is 2. The van der Waals surface area contributed by atoms with E-state index in [1.807, 2.05) is 6.26 Å². The zero-order valence-electron chi connectivity index (χ0n) is 17.7. The summed E-state index contributed by atoms with van der Waals surface area (Å²) >= 11 is 1.48. The summed E-state index contributed by atoms with van der Waals surface area (Å²) in [6.07, 6.45) is 2.12. The smallest absolute Gasteiger partial charge is 0.408 e. The second-order valence-electron chi connectivity index (χ2n) is 7.13. The number of sulfonamides is 1. The van der Waals surface area contributed by atoms with E-state index in [0.29, 0.717) is 22.5 Å². The van der Waals surface area contributed by atoms with Gasteiger partial charge in [0.1, 0.15) is 6.04 Å². The van der Waals surface area contributed by atoms with Crippen LogP contribution < -0.4 is 15.8 Å². The van der Waals surface area contributed by atoms with Crippen LogP contribution in [0.1, 0.15) is 23.7 Å². The van der Waals surface area contributed by atoms with Crippen molar-refractivity contribution in [1.82, 2.24) is 9.29 Å². The molecule has 2 N–H and O–H groups in total. The van der Waals surface area contributed by atoms with Crippen molar-refractivity contribution in [3.05, 3.63) is 58.6 Å². The van der Waals surface area contributed by atoms with E-state index >= 15 is 0 Å². The minimum atomic E-state index is -4.08. The number of rotatable bonds is 9. The van der Waals surface area contributed by atoms with Gasteiger partial charge in [0.15, 0.2) is 11.4 Å². The van der Waals surface area contributed by atoms with Gasteiger partial charge in [0.2, 0.25) is 15.9 Å². The first-order valence-corrected chi connectivity index (χ1v) is 12.5. The third-order valence-electron chi connectivity index (χ3n) is 4.86. The first-order chi connectivity index (χ1) is 15.1. The maximum atomic E-state index is 13.0. The highest BCUT2D eigenvalue weighted by molar-refractivity contribution is 7.98. The number of carbonyl (C=O) groups excluding carboxylic acids is 2. The molecule has 0 bridgehead atoms. The van der Waals surface area contributed by atoms with Crippen LogP contribution in [-0.2, 0) is 21.9 Å². The normalized spacial score (nSPS) is 12.6. The molecule has 3 rings (SSSR count). The fourth-order valence-corrected chi connectivity index (χ4v) is 4.75. The van der Waals surface area contributed by atoms with Crippen molar-refractivity contribution >= 4 is 50.3 Å². The molecule has 1 heterocycles. The Balaban J connectivity index is 1.82. The first kappa shape index (κ1) is 23.8. The number of fused-ring (bicyclic) bond motifs is 1. The topological polar surface area (TPSA) is 127 Å². The van der Waals surface area contributed by atoms with Crippen molar-refractivity contribution in [2.45, 2.75) is 24.3 Å². The molecule has 170 valence electrons. The molecule has 1 amide bonds. The van der Waals surface area contributed by atoms with Crippen LogP contribution in [0.4, 0.5) is 5.69 Å². The Morgan fingerprint density at radius 1 is 1.16 bits per heavy atom. The summed E-state index contributed by atoms with van der Waals surface area (Å²) < 4.78 is 34.7. The summed E-state index contributed by atoms with van der Waals surface area (Å²) in [5.41, 5.74) is 1.54. The van der Waals surface area contributed by atoms with Gasteiger partial charge < -0.3 is 9.73 Å². The molecule has 0 spiro atoms. The van der Waals surface area contributed by atoms with E-state index in [1.54, 1.807) is 24.3 Å². The van der Waals surface area contributed by atoms with Gasteiger partial charge in [-0.25, -0.2) is 13.2 Å². The van der Waals surface area contributed by atoms with Crippen LogP contribution >= 0.6 is 11.8 Å². The van der Waals surface area contributed by atoms with Crippen molar-refractivity contribution in [3.63, 3.8) is 0 Å². The molecule has 0 fully saturated rings. The number of amides is 1. The maximum Gasteiger partial charge on any atom is 0.419 e. The molecule has 0 aliphatic rings. The Kier molecular flexibility index (Phi) is 7.22. The minimum absolute atomic E-state index is 0.0975. The number of oxazole rings is 1. The van der Waals surface area contributed by atoms with Gasteiger partial charge in [-0.15, -0.1) is 0 Å². The lowest BCUT2D eigenvalue weighted by atomic mass is 10.1. The van der Waals surface area contributed by atoms with Gasteiger partial charge in [0.25, 0.3) is 0 Å². The summed E-state index contributed by atoms with van der Waals surface area (Å²) in [6.45, 7) is 1.44. The Bertz CT molecular complexity index is 1310. The number of aromatic nitrogens is 1. The number of hydrogen-bond donors (Lipinski definition) is 2. The molecule has 32 heavy (non-hydrogen) atoms. The van der Waals surface area contributed by atoms with Crippen molar-refractivity contribution in [2.24, 2.45) is 7.05 Å². The van der Waals surface area contributed by atoms with Gasteiger partial charge in [-0.05, 0) is 61.8 Å². The number of carbonyl (C=O) groups is 2. The van der Waals surface area contributed by atoms with Gasteiger partial charge in [-0.2, -0.15) is 16.5 Å². The van der Waals surface area contributed by atoms with E-state index in [1.165, 1.54) is 48.5 Å². The molecule has 1 unspecified atom stereocenters. The standard InChI is InChI=1S/C21H23N3O6S2/c1-13(25)14-4-6-15(7-5-14)22-20(26)17(10-11-31-3)23-32(28,29)16-8-9-18-19(12-16)30-21(27)24(18)2/h4-9,12,17,23H,10-11H2,1-3H3,(H,22,26). The average molecular weight is 478 g/mol. The summed E-state index contributed by atoms with van der Waals surface area (Å²) in [6, 6.07) is 9.39. The van der Waals surface area contributed by atoms with Gasteiger partial charge in [-0.1, -0.05) is 0 Å². The Hall–Kier alpha value is -2.89. The highest BCUT2D eigenvalue weighted by Gasteiger charge is 2.26. The number of Topliss-reactive ketones (excluding diaryl/α,β-unsaturated/α-hetero) is 1. The lowest BCUT2D eigenvalue weighted by Crippen LogP contribution is -2.44. The predicted octanol–water partition coefficient (Wildman–Crippen LogP) is 2.37. The van der Waals surface area contributed by atoms with Gasteiger partial charge in [0.05, 0.1) is 10.4 Å². The van der Waals surface area contributed by atoms with Gasteiger partial charge in [-0.3, -0.25) is 14.2 Å². The van der Waals surface area contributed by atoms with Crippen LogP contribution in [0, 0.1) is 0 Å². The lowest BCUT2D eigenvalue weighted by Gasteiger charge is -2.18. The second kappa shape index (κ2) is 9.72. The zero-order valence-corrected chi connectivity index (χ0v) is 19.4. The molecule has 2 aromatic carbocycles. The Morgan fingerprint density at radius 2 is 1.84 bits per heavy atom. The Morgan fingerprint density at radius 3 is 2.47 bits per heavy atom. The van der Waals surface area contributed by atoms with E-state index in [2.05, 4.69) is 10.0 Å². The molecular formula is C21H23N3O6S2. The van der Waals surface area contributed by atoms with Crippen molar-refractivity contribution in [3.8, 4) is 0 Å². The highest BCUT2D eigenvalue weighted by Crippen LogP contribution is 2.19. The number of anilines is 1. The SMILES string of the molecule is CSCCC(NS(=O)(=O)c1ccc2c(c1)oc(=O)n2C)C(=O)Nc1ccc(C(C)=O)cc1. The molecule has 0 aliphatic heterocycles. The highest BCUT2D eigenvalue weighted by atomic mass is 32.2. The fraction of sp³-hybridized carbons (Fsp3) is 0.286. The molecule has 1 aromatic heterocycles. The van der Waals surface area contributed by atoms with Gasteiger partial charge in [0, 0.05) is 24.4 Å². The van der Waals surface area contributed by atoms with E-state index in [9.17, 15) is 22.8 Å². The molecular weight excluding hydrogens is 454 g/mol. The van der Waals surface area contributed by atoms with Crippen molar-refractivity contribution in [2.75, 3.05) is 17.3 Å². The number of ketones is 1. The van der Waals surface area contributed by atoms with E-state index in [-0.39, 0.29) is 22.7 Å². The van der Waals surface area contributed by atoms with Crippen LogP contribution in [0.3, 0.4) is 0 Å². The molecule has 0 saturated carbocycles. The van der Waals surface area contributed by atoms with Crippen LogP contribution in [0.5, 0.6) is 0 Å². The summed E-state index contributed by atoms with van der Waals surface area (Å²) in [5.74, 6) is -0.669. The maximum absolute atomic E-state index is 13.0. The number of thioether (sulfide) groups is 1. The molecule has 1 atom stereocenters. The van der Waals surface area contributed by atoms with E-state index in [4.69, 9.17) is 4.42 Å². The number of aryl methyl sites for hydroxylation is 1. The van der Waals surface area contributed by atoms with Crippen LogP contribution in [0.2, 0.25) is 0 Å². The molecule has 9 nitrogen and oxygen atoms in total. The molecule has 3 aromatic rings. The quantitative estimate of drug-likeness (QED) is 0.453. The van der Waals surface area contributed by atoms with Crippen LogP contribution in [-0.4, -0.2) is 42.7 Å². The second-order valence-corrected chi connectivity index (χ2v) is 9.83. The van der Waals surface area contributed by atoms with E-state index < -0.39 is 27.7 Å². The zero-order chi connectivity index (χ0) is 23.5. The number of hydrogen-bond acceptors (Lipinski definition) is 7. The van der Waals surface area contributed by atoms with Crippen LogP contribution in [0.15, 0.2) is 56.6 Å². The monoisotopic (exact) mass is 477 g/mol. The van der Waals surface area contributed by atoms with Crippen molar-refractivity contribution in [1.29, 1.82) is 0 Å². The van der Waals surface area contributed by atoms with Gasteiger partial charge >= 0.3 is 5.76 Å². The molecule has 0 radical (unpaired) electrons. The molecule has 0 saturated heterocycles. The number of nitrogens with zero attached hydrogens (tertiary/aromatic N) is 1. The predicted molar refractivity (Wildman–Crippen MR) is 124 cm³/mol. The largest absolute Gasteiger partial charge is 0.419 e. The molecule has 0 aliphatic carbocycles. The minimum Gasteiger partial charge on any atom is -0.408 e. The third kappa shape index (κ3) is 5.29. The summed E-state index contributed by atoms with van der Waals surface area (Å²) in [7, 11) is -2.56. The van der Waals surface area contributed by atoms with Crippen molar-refractivity contribution < 1.29 is 22.4 Å². The third-order valence-corrected chi connectivity index (χ3v) is 6.97. The Labute approximate surface area is 189 Å². The summed E-state index contributed by atoms with van der Waals surface area (Å²) in [4.78, 5) is 35.8. The fourth-order valence-electron chi connectivity index (χ4n) is 3.03. The number of nitrogens with one attached hydrogen (secondary N) is 2. The first-order valence-electron chi connectivity index (χ1n) is 9.65. The molecule has 11 heteroatoms.